The van der Waals surface area contributed by atoms with Crippen LogP contribution in [0.4, 0.5) is 0 Å². The lowest BCUT2D eigenvalue weighted by Gasteiger charge is -2.64. The van der Waals surface area contributed by atoms with Crippen LogP contribution in [-0.4, -0.2) is 51.3 Å². The molecule has 4 aliphatic carbocycles. The molecule has 0 amide bonds. The molecule has 0 unspecified atom stereocenters. The number of hydrogen-bond acceptors (Lipinski definition) is 6. The van der Waals surface area contributed by atoms with E-state index in [4.69, 9.17) is 0 Å². The normalized spacial score (nSPS) is 51.5. The maximum atomic E-state index is 11.5. The van der Waals surface area contributed by atoms with E-state index in [1.54, 1.807) is 0 Å². The molecule has 6 nitrogen and oxygen atoms in total. The summed E-state index contributed by atoms with van der Waals surface area (Å²) in [4.78, 5) is 11.0. The fourth-order valence-corrected chi connectivity index (χ4v) is 8.80. The lowest BCUT2D eigenvalue weighted by molar-refractivity contribution is -0.306. The minimum atomic E-state index is -1.02. The molecule has 0 heterocycles. The minimum absolute atomic E-state index is 0.0425. The molecule has 0 aliphatic heterocycles. The van der Waals surface area contributed by atoms with Gasteiger partial charge in [-0.3, -0.25) is 0 Å². The molecule has 0 aromatic rings. The molecule has 0 radical (unpaired) electrons. The van der Waals surface area contributed by atoms with Crippen molar-refractivity contribution in [3.8, 4) is 0 Å². The summed E-state index contributed by atoms with van der Waals surface area (Å²) < 4.78 is 0. The predicted octanol–water partition coefficient (Wildman–Crippen LogP) is 1.09. The van der Waals surface area contributed by atoms with Crippen LogP contribution >= 0.6 is 0 Å². The number of carboxylic acids is 1. The second kappa shape index (κ2) is 8.02. The van der Waals surface area contributed by atoms with Gasteiger partial charge < -0.3 is 30.3 Å². The van der Waals surface area contributed by atoms with Crippen LogP contribution in [0.3, 0.4) is 0 Å². The van der Waals surface area contributed by atoms with Crippen LogP contribution in [0, 0.1) is 46.3 Å². The number of aliphatic hydroxyl groups is 4. The Labute approximate surface area is 179 Å². The van der Waals surface area contributed by atoms with Gasteiger partial charge in [0.2, 0.25) is 0 Å². The van der Waals surface area contributed by atoms with Gasteiger partial charge in [0.05, 0.1) is 18.3 Å². The summed E-state index contributed by atoms with van der Waals surface area (Å²) in [6, 6.07) is 0. The van der Waals surface area contributed by atoms with Gasteiger partial charge in [0.15, 0.2) is 0 Å². The number of hydrogen-bond donors (Lipinski definition) is 4. The molecule has 0 aromatic heterocycles. The molecule has 30 heavy (non-hydrogen) atoms. The van der Waals surface area contributed by atoms with E-state index in [0.29, 0.717) is 32.1 Å². The Morgan fingerprint density at radius 2 is 1.83 bits per heavy atom. The van der Waals surface area contributed by atoms with Crippen molar-refractivity contribution in [2.24, 2.45) is 46.3 Å². The lowest BCUT2D eigenvalue weighted by atomic mass is 9.42. The molecule has 0 aromatic carbocycles. The van der Waals surface area contributed by atoms with E-state index in [-0.39, 0.29) is 65.5 Å². The van der Waals surface area contributed by atoms with E-state index in [9.17, 15) is 30.3 Å². The Bertz CT molecular complexity index is 654. The molecular formula is C24H39O6-. The van der Waals surface area contributed by atoms with E-state index in [1.165, 1.54) is 0 Å². The summed E-state index contributed by atoms with van der Waals surface area (Å²) in [5.41, 5.74) is -0.657. The molecular weight excluding hydrogens is 384 g/mol. The maximum Gasteiger partial charge on any atom is 0.0602 e. The number of carboxylic acid groups (broad SMARTS) is 1. The van der Waals surface area contributed by atoms with Crippen molar-refractivity contribution in [3.05, 3.63) is 0 Å². The lowest BCUT2D eigenvalue weighted by Crippen LogP contribution is -2.64. The quantitative estimate of drug-likeness (QED) is 0.525. The van der Waals surface area contributed by atoms with Crippen LogP contribution in [-0.2, 0) is 4.79 Å². The molecule has 4 fully saturated rings. The molecule has 4 rings (SSSR count). The zero-order chi connectivity index (χ0) is 21.8. The van der Waals surface area contributed by atoms with Crippen LogP contribution in [0.5, 0.6) is 0 Å². The Kier molecular flexibility index (Phi) is 6.02. The second-order valence-electron chi connectivity index (χ2n) is 11.3. The molecule has 6 heteroatoms. The number of carbonyl (C=O) groups is 1. The monoisotopic (exact) mass is 423 g/mol. The molecule has 11 atom stereocenters. The molecule has 0 bridgehead atoms. The summed E-state index contributed by atoms with van der Waals surface area (Å²) in [5, 5.41) is 54.4. The summed E-state index contributed by atoms with van der Waals surface area (Å²) in [6.45, 7) is 4.30. The number of aliphatic hydroxyl groups excluding tert-OH is 4. The third kappa shape index (κ3) is 3.25. The highest BCUT2D eigenvalue weighted by molar-refractivity contribution is 5.64. The average Bonchev–Trinajstić information content (AvgIpc) is 3.05. The van der Waals surface area contributed by atoms with Crippen LogP contribution < -0.4 is 5.11 Å². The van der Waals surface area contributed by atoms with E-state index >= 15 is 0 Å². The van der Waals surface area contributed by atoms with E-state index in [1.807, 2.05) is 0 Å². The molecule has 0 spiro atoms. The van der Waals surface area contributed by atoms with Gasteiger partial charge in [0.25, 0.3) is 0 Å². The van der Waals surface area contributed by atoms with Crippen molar-refractivity contribution in [2.75, 3.05) is 6.61 Å². The Morgan fingerprint density at radius 1 is 1.10 bits per heavy atom. The largest absolute Gasteiger partial charge is 0.550 e. The molecule has 4 N–H and O–H groups in total. The van der Waals surface area contributed by atoms with Crippen LogP contribution in [0.1, 0.15) is 71.6 Å². The summed E-state index contributed by atoms with van der Waals surface area (Å²) in [5.74, 6) is -0.241. The van der Waals surface area contributed by atoms with Gasteiger partial charge in [0, 0.05) is 12.6 Å². The third-order valence-electron chi connectivity index (χ3n) is 10.3. The van der Waals surface area contributed by atoms with Gasteiger partial charge in [-0.1, -0.05) is 13.8 Å². The first-order valence-electron chi connectivity index (χ1n) is 12.0. The molecule has 0 saturated heterocycles. The SMILES string of the molecule is C[C@H](CCC(=O)[O-])[C@H]1CC[C@H]2[C@@H]3[C@H](O)C[C@@H]4C[C@H](O)CC[C@]4(CO)[C@H]3C[C@H](O)[C@]12C. The highest BCUT2D eigenvalue weighted by Gasteiger charge is 2.66. The van der Waals surface area contributed by atoms with E-state index in [2.05, 4.69) is 13.8 Å². The second-order valence-corrected chi connectivity index (χ2v) is 11.3. The fraction of sp³-hybridized carbons (Fsp3) is 0.958. The molecule has 4 saturated carbocycles. The van der Waals surface area contributed by atoms with Gasteiger partial charge in [-0.2, -0.15) is 0 Å². The van der Waals surface area contributed by atoms with E-state index < -0.39 is 18.2 Å². The van der Waals surface area contributed by atoms with Gasteiger partial charge in [0.1, 0.15) is 0 Å². The van der Waals surface area contributed by atoms with Crippen LogP contribution in [0.15, 0.2) is 0 Å². The van der Waals surface area contributed by atoms with Gasteiger partial charge >= 0.3 is 0 Å². The standard InChI is InChI=1S/C24H40O6/c1-13(3-6-21(29)30)16-4-5-17-22-18(11-20(28)23(16,17)2)24(12-25)8-7-15(26)9-14(24)10-19(22)27/h13-20,22,25-28H,3-12H2,1-2H3,(H,29,30)/p-1/t13-,14+,15-,16-,17+,18+,19-,20+,22+,23-,24-/m1/s1. The van der Waals surface area contributed by atoms with Gasteiger partial charge in [-0.25, -0.2) is 0 Å². The molecule has 4 aliphatic rings. The Morgan fingerprint density at radius 3 is 2.50 bits per heavy atom. The Balaban J connectivity index is 1.63. The van der Waals surface area contributed by atoms with Crippen molar-refractivity contribution in [1.82, 2.24) is 0 Å². The number of rotatable bonds is 5. The van der Waals surface area contributed by atoms with Crippen LogP contribution in [0.25, 0.3) is 0 Å². The summed E-state index contributed by atoms with van der Waals surface area (Å²) >= 11 is 0. The zero-order valence-electron chi connectivity index (χ0n) is 18.4. The predicted molar refractivity (Wildman–Crippen MR) is 109 cm³/mol. The van der Waals surface area contributed by atoms with Crippen LogP contribution in [0.2, 0.25) is 0 Å². The number of fused-ring (bicyclic) bond motifs is 5. The van der Waals surface area contributed by atoms with Crippen molar-refractivity contribution in [1.29, 1.82) is 0 Å². The van der Waals surface area contributed by atoms with Crippen molar-refractivity contribution in [2.45, 2.75) is 89.9 Å². The van der Waals surface area contributed by atoms with Gasteiger partial charge in [-0.15, -0.1) is 0 Å². The average molecular weight is 424 g/mol. The zero-order valence-corrected chi connectivity index (χ0v) is 18.4. The Hall–Kier alpha value is -0.690. The van der Waals surface area contributed by atoms with Crippen molar-refractivity contribution in [3.63, 3.8) is 0 Å². The highest BCUT2D eigenvalue weighted by Crippen LogP contribution is 2.68. The fourth-order valence-electron chi connectivity index (χ4n) is 8.80. The van der Waals surface area contributed by atoms with E-state index in [0.717, 1.165) is 19.3 Å². The topological polar surface area (TPSA) is 121 Å². The van der Waals surface area contributed by atoms with Gasteiger partial charge in [-0.05, 0) is 104 Å². The first-order valence-corrected chi connectivity index (χ1v) is 12.0. The number of aliphatic carboxylic acids is 1. The first kappa shape index (κ1) is 22.5. The smallest absolute Gasteiger partial charge is 0.0602 e. The minimum Gasteiger partial charge on any atom is -0.550 e. The first-order chi connectivity index (χ1) is 14.1. The van der Waals surface area contributed by atoms with Crippen molar-refractivity contribution >= 4 is 5.97 Å². The maximum absolute atomic E-state index is 11.5. The summed E-state index contributed by atoms with van der Waals surface area (Å²) in [6.07, 6.45) is 4.36. The third-order valence-corrected chi connectivity index (χ3v) is 10.3. The van der Waals surface area contributed by atoms with Crippen molar-refractivity contribution < 1.29 is 30.3 Å². The number of carbonyl (C=O) groups excluding carboxylic acids is 1. The molecule has 172 valence electrons. The summed E-state index contributed by atoms with van der Waals surface area (Å²) in [7, 11) is 0. The highest BCUT2D eigenvalue weighted by atomic mass is 16.4.